The van der Waals surface area contributed by atoms with Crippen LogP contribution in [-0.2, 0) is 0 Å². The van der Waals surface area contributed by atoms with Crippen LogP contribution in [0.2, 0.25) is 0 Å². The van der Waals surface area contributed by atoms with E-state index in [1.807, 2.05) is 0 Å². The Labute approximate surface area is 203 Å². The van der Waals surface area contributed by atoms with Crippen molar-refractivity contribution in [3.63, 3.8) is 0 Å². The third-order valence-corrected chi connectivity index (χ3v) is 8.21. The molecule has 3 rings (SSSR count). The molecule has 2 aliphatic carbocycles. The standard InChI is InChI=1S/C12H18.C11H22.C9H18/c1-9(2)11-5-7-12(8-6-11)10(3)4;1-8(2)10-6-5-7-11(10)9(3)4;1-6(2)8-5-9(8)7(3)4/h5-10H,1-4H3;8-11H,5-7H2,1-4H3;6-9H,5H2,1-4H3. The van der Waals surface area contributed by atoms with E-state index >= 15 is 0 Å². The van der Waals surface area contributed by atoms with Gasteiger partial charge >= 0.3 is 0 Å². The summed E-state index contributed by atoms with van der Waals surface area (Å²) in [5.74, 6) is 9.13. The maximum atomic E-state index is 2.38. The maximum Gasteiger partial charge on any atom is -0.0219 e. The fourth-order valence-electron chi connectivity index (χ4n) is 5.71. The molecule has 186 valence electrons. The van der Waals surface area contributed by atoms with Gasteiger partial charge in [0.2, 0.25) is 0 Å². The highest BCUT2D eigenvalue weighted by atomic mass is 14.5. The van der Waals surface area contributed by atoms with Crippen LogP contribution in [0, 0.1) is 47.3 Å². The largest absolute Gasteiger partial charge is 0.0625 e. The molecule has 2 fully saturated rings. The van der Waals surface area contributed by atoms with Crippen molar-refractivity contribution in [3.8, 4) is 0 Å². The molecule has 0 amide bonds. The van der Waals surface area contributed by atoms with Gasteiger partial charge < -0.3 is 0 Å². The number of benzene rings is 1. The van der Waals surface area contributed by atoms with Crippen LogP contribution >= 0.6 is 0 Å². The summed E-state index contributed by atoms with van der Waals surface area (Å²) in [5, 5.41) is 0. The lowest BCUT2D eigenvalue weighted by molar-refractivity contribution is 0.235. The van der Waals surface area contributed by atoms with E-state index in [9.17, 15) is 0 Å². The number of hydrogen-bond donors (Lipinski definition) is 0. The first-order valence-corrected chi connectivity index (χ1v) is 14.0. The van der Waals surface area contributed by atoms with Crippen LogP contribution in [0.3, 0.4) is 0 Å². The van der Waals surface area contributed by atoms with Crippen LogP contribution in [0.4, 0.5) is 0 Å². The van der Waals surface area contributed by atoms with Gasteiger partial charge in [0.15, 0.2) is 0 Å². The molecule has 0 spiro atoms. The third-order valence-electron chi connectivity index (χ3n) is 8.21. The third kappa shape index (κ3) is 9.61. The molecule has 0 nitrogen and oxygen atoms in total. The predicted molar refractivity (Wildman–Crippen MR) is 146 cm³/mol. The molecule has 4 unspecified atom stereocenters. The topological polar surface area (TPSA) is 0 Å². The molecular formula is C32H58. The molecule has 4 atom stereocenters. The Morgan fingerprint density at radius 2 is 0.750 bits per heavy atom. The van der Waals surface area contributed by atoms with Crippen LogP contribution in [0.25, 0.3) is 0 Å². The molecule has 2 saturated carbocycles. The highest BCUT2D eigenvalue weighted by Gasteiger charge is 2.40. The SMILES string of the molecule is CC(C)C1CC1C(C)C.CC(C)C1CCCC1C(C)C.CC(C)c1ccc(C(C)C)cc1. The van der Waals surface area contributed by atoms with Crippen molar-refractivity contribution in [3.05, 3.63) is 35.4 Å². The van der Waals surface area contributed by atoms with E-state index in [0.29, 0.717) is 11.8 Å². The van der Waals surface area contributed by atoms with Crippen LogP contribution < -0.4 is 0 Å². The molecule has 32 heavy (non-hydrogen) atoms. The van der Waals surface area contributed by atoms with Gasteiger partial charge in [-0.05, 0) is 89.6 Å². The van der Waals surface area contributed by atoms with Gasteiger partial charge in [-0.15, -0.1) is 0 Å². The fraction of sp³-hybridized carbons (Fsp3) is 0.812. The Morgan fingerprint density at radius 3 is 0.938 bits per heavy atom. The number of hydrogen-bond acceptors (Lipinski definition) is 0. The zero-order chi connectivity index (χ0) is 24.6. The minimum atomic E-state index is 0.645. The molecule has 1 aromatic carbocycles. The lowest BCUT2D eigenvalue weighted by Crippen LogP contribution is -2.18. The highest BCUT2D eigenvalue weighted by molar-refractivity contribution is 5.26. The number of rotatable bonds is 6. The van der Waals surface area contributed by atoms with Gasteiger partial charge in [0.1, 0.15) is 0 Å². The van der Waals surface area contributed by atoms with Crippen LogP contribution in [0.5, 0.6) is 0 Å². The summed E-state index contributed by atoms with van der Waals surface area (Å²) >= 11 is 0. The molecule has 0 bridgehead atoms. The minimum Gasteiger partial charge on any atom is -0.0625 e. The predicted octanol–water partition coefficient (Wildman–Crippen LogP) is 10.6. The lowest BCUT2D eigenvalue weighted by Gasteiger charge is -2.26. The molecule has 0 N–H and O–H groups in total. The molecule has 0 saturated heterocycles. The fourth-order valence-corrected chi connectivity index (χ4v) is 5.71. The Bertz CT molecular complexity index is 548. The second kappa shape index (κ2) is 13.8. The Balaban J connectivity index is 0.000000242. The van der Waals surface area contributed by atoms with Crippen LogP contribution in [0.15, 0.2) is 24.3 Å². The molecule has 0 heterocycles. The van der Waals surface area contributed by atoms with Gasteiger partial charge in [-0.2, -0.15) is 0 Å². The monoisotopic (exact) mass is 442 g/mol. The summed E-state index contributed by atoms with van der Waals surface area (Å²) in [4.78, 5) is 0. The van der Waals surface area contributed by atoms with Gasteiger partial charge in [0.05, 0.1) is 0 Å². The summed E-state index contributed by atoms with van der Waals surface area (Å²) in [6.45, 7) is 27.8. The summed E-state index contributed by atoms with van der Waals surface area (Å²) in [5.41, 5.74) is 2.86. The molecule has 0 radical (unpaired) electrons. The van der Waals surface area contributed by atoms with E-state index in [1.54, 1.807) is 0 Å². The second-order valence-electron chi connectivity index (χ2n) is 12.8. The molecule has 0 aliphatic heterocycles. The second-order valence-corrected chi connectivity index (χ2v) is 12.8. The van der Waals surface area contributed by atoms with Crippen LogP contribution in [-0.4, -0.2) is 0 Å². The Hall–Kier alpha value is -0.780. The Morgan fingerprint density at radius 1 is 0.469 bits per heavy atom. The van der Waals surface area contributed by atoms with Crippen molar-refractivity contribution in [2.75, 3.05) is 0 Å². The quantitative estimate of drug-likeness (QED) is 0.411. The van der Waals surface area contributed by atoms with E-state index < -0.39 is 0 Å². The van der Waals surface area contributed by atoms with E-state index in [-0.39, 0.29) is 0 Å². The molecule has 0 aromatic heterocycles. The minimum absolute atomic E-state index is 0.645. The van der Waals surface area contributed by atoms with E-state index in [1.165, 1.54) is 36.8 Å². The van der Waals surface area contributed by atoms with Crippen molar-refractivity contribution in [1.29, 1.82) is 0 Å². The normalized spacial score (nSPS) is 24.8. The van der Waals surface area contributed by atoms with Crippen molar-refractivity contribution < 1.29 is 0 Å². The van der Waals surface area contributed by atoms with Gasteiger partial charge in [0.25, 0.3) is 0 Å². The van der Waals surface area contributed by atoms with Crippen molar-refractivity contribution >= 4 is 0 Å². The van der Waals surface area contributed by atoms with Gasteiger partial charge in [-0.1, -0.05) is 114 Å². The van der Waals surface area contributed by atoms with Crippen LogP contribution in [0.1, 0.15) is 132 Å². The van der Waals surface area contributed by atoms with Gasteiger partial charge in [0, 0.05) is 0 Å². The highest BCUT2D eigenvalue weighted by Crippen LogP contribution is 2.48. The van der Waals surface area contributed by atoms with E-state index in [4.69, 9.17) is 0 Å². The summed E-state index contributed by atoms with van der Waals surface area (Å²) < 4.78 is 0. The van der Waals surface area contributed by atoms with E-state index in [2.05, 4.69) is 107 Å². The van der Waals surface area contributed by atoms with Crippen molar-refractivity contribution in [1.82, 2.24) is 0 Å². The first-order chi connectivity index (χ1) is 14.9. The first-order valence-electron chi connectivity index (χ1n) is 14.0. The summed E-state index contributed by atoms with van der Waals surface area (Å²) in [6.07, 6.45) is 5.95. The zero-order valence-corrected chi connectivity index (χ0v) is 23.9. The Kier molecular flexibility index (Phi) is 12.6. The maximum absolute atomic E-state index is 2.38. The average molecular weight is 443 g/mol. The zero-order valence-electron chi connectivity index (χ0n) is 23.9. The average Bonchev–Trinajstić information content (AvgIpc) is 3.37. The van der Waals surface area contributed by atoms with E-state index in [0.717, 1.165) is 47.3 Å². The molecule has 2 aliphatic rings. The van der Waals surface area contributed by atoms with Gasteiger partial charge in [-0.25, -0.2) is 0 Å². The molecule has 0 heteroatoms. The van der Waals surface area contributed by atoms with Crippen molar-refractivity contribution in [2.45, 2.75) is 121 Å². The summed E-state index contributed by atoms with van der Waals surface area (Å²) in [7, 11) is 0. The molecule has 1 aromatic rings. The lowest BCUT2D eigenvalue weighted by atomic mass is 9.80. The summed E-state index contributed by atoms with van der Waals surface area (Å²) in [6, 6.07) is 8.94. The van der Waals surface area contributed by atoms with Gasteiger partial charge in [-0.3, -0.25) is 0 Å². The van der Waals surface area contributed by atoms with Crippen molar-refractivity contribution in [2.24, 2.45) is 47.3 Å². The smallest absolute Gasteiger partial charge is 0.0219 e. The molecular weight excluding hydrogens is 384 g/mol. The first kappa shape index (κ1) is 29.3.